The highest BCUT2D eigenvalue weighted by Crippen LogP contribution is 2.28. The van der Waals surface area contributed by atoms with Crippen LogP contribution in [-0.2, 0) is 0 Å². The third-order valence-electron chi connectivity index (χ3n) is 3.41. The van der Waals surface area contributed by atoms with E-state index in [-0.39, 0.29) is 11.8 Å². The predicted octanol–water partition coefficient (Wildman–Crippen LogP) is 2.37. The molecular formula is C15H20N2O3. The first-order valence-electron chi connectivity index (χ1n) is 6.33. The second-order valence-electron chi connectivity index (χ2n) is 4.99. The van der Waals surface area contributed by atoms with Gasteiger partial charge in [-0.3, -0.25) is 4.79 Å². The molecule has 0 aliphatic heterocycles. The van der Waals surface area contributed by atoms with E-state index >= 15 is 0 Å². The van der Waals surface area contributed by atoms with Crippen molar-refractivity contribution in [2.75, 3.05) is 14.2 Å². The standard InChI is InChI=1S/C15H20N2O3/c1-10(2)15(3,9-16)17-14(18)11-6-7-12(19-4)13(8-11)20-5/h6-8,10H,1-5H3,(H,17,18)/t15-/m0/s1. The molecule has 0 fully saturated rings. The molecule has 1 aromatic carbocycles. The van der Waals surface area contributed by atoms with Crippen LogP contribution >= 0.6 is 0 Å². The lowest BCUT2D eigenvalue weighted by Crippen LogP contribution is -2.48. The summed E-state index contributed by atoms with van der Waals surface area (Å²) < 4.78 is 10.3. The van der Waals surface area contributed by atoms with Crippen LogP contribution in [0.4, 0.5) is 0 Å². The van der Waals surface area contributed by atoms with Crippen molar-refractivity contribution >= 4 is 5.91 Å². The Morgan fingerprint density at radius 3 is 2.35 bits per heavy atom. The van der Waals surface area contributed by atoms with Crippen molar-refractivity contribution in [1.82, 2.24) is 5.32 Å². The topological polar surface area (TPSA) is 71.3 Å². The molecular weight excluding hydrogens is 256 g/mol. The van der Waals surface area contributed by atoms with Crippen LogP contribution in [-0.4, -0.2) is 25.7 Å². The Labute approximate surface area is 119 Å². The van der Waals surface area contributed by atoms with Crippen LogP contribution in [0.2, 0.25) is 0 Å². The average molecular weight is 276 g/mol. The van der Waals surface area contributed by atoms with E-state index in [0.29, 0.717) is 17.1 Å². The first-order chi connectivity index (χ1) is 9.37. The minimum atomic E-state index is -0.912. The molecule has 1 amide bonds. The van der Waals surface area contributed by atoms with Crippen LogP contribution in [0.15, 0.2) is 18.2 Å². The highest BCUT2D eigenvalue weighted by atomic mass is 16.5. The van der Waals surface area contributed by atoms with Crippen LogP contribution < -0.4 is 14.8 Å². The van der Waals surface area contributed by atoms with Crippen molar-refractivity contribution in [2.24, 2.45) is 5.92 Å². The molecule has 0 heterocycles. The van der Waals surface area contributed by atoms with E-state index in [2.05, 4.69) is 11.4 Å². The Hall–Kier alpha value is -2.22. The third kappa shape index (κ3) is 3.21. The van der Waals surface area contributed by atoms with Gasteiger partial charge in [0.1, 0.15) is 5.54 Å². The lowest BCUT2D eigenvalue weighted by molar-refractivity contribution is 0.0907. The number of carbonyl (C=O) groups is 1. The fourth-order valence-corrected chi connectivity index (χ4v) is 1.59. The van der Waals surface area contributed by atoms with Crippen molar-refractivity contribution in [3.8, 4) is 17.6 Å². The molecule has 1 atom stereocenters. The molecule has 0 saturated heterocycles. The second-order valence-corrected chi connectivity index (χ2v) is 4.99. The van der Waals surface area contributed by atoms with E-state index in [1.165, 1.54) is 14.2 Å². The molecule has 0 aromatic heterocycles. The Morgan fingerprint density at radius 1 is 1.30 bits per heavy atom. The maximum absolute atomic E-state index is 12.2. The number of methoxy groups -OCH3 is 2. The Morgan fingerprint density at radius 2 is 1.90 bits per heavy atom. The summed E-state index contributed by atoms with van der Waals surface area (Å²) in [7, 11) is 3.04. The number of nitrogens with one attached hydrogen (secondary N) is 1. The van der Waals surface area contributed by atoms with Gasteiger partial charge < -0.3 is 14.8 Å². The van der Waals surface area contributed by atoms with Crippen LogP contribution in [0.1, 0.15) is 31.1 Å². The minimum absolute atomic E-state index is 0.00315. The summed E-state index contributed by atoms with van der Waals surface area (Å²) in [6, 6.07) is 7.02. The maximum Gasteiger partial charge on any atom is 0.252 e. The number of nitriles is 1. The number of ether oxygens (including phenoxy) is 2. The van der Waals surface area contributed by atoms with Gasteiger partial charge in [0.2, 0.25) is 0 Å². The summed E-state index contributed by atoms with van der Waals surface area (Å²) in [6.45, 7) is 5.48. The Kier molecular flexibility index (Phi) is 4.98. The van der Waals surface area contributed by atoms with E-state index in [4.69, 9.17) is 9.47 Å². The first kappa shape index (κ1) is 15.8. The minimum Gasteiger partial charge on any atom is -0.493 e. The van der Waals surface area contributed by atoms with Crippen LogP contribution in [0, 0.1) is 17.2 Å². The van der Waals surface area contributed by atoms with Crippen molar-refractivity contribution in [2.45, 2.75) is 26.3 Å². The van der Waals surface area contributed by atoms with E-state index in [9.17, 15) is 10.1 Å². The highest BCUT2D eigenvalue weighted by molar-refractivity contribution is 5.95. The summed E-state index contributed by atoms with van der Waals surface area (Å²) in [4.78, 5) is 12.2. The number of carbonyl (C=O) groups excluding carboxylic acids is 1. The zero-order chi connectivity index (χ0) is 15.3. The van der Waals surface area contributed by atoms with Crippen molar-refractivity contribution in [3.63, 3.8) is 0 Å². The number of benzene rings is 1. The lowest BCUT2D eigenvalue weighted by atomic mass is 9.89. The molecule has 1 aromatic rings. The number of rotatable bonds is 5. The molecule has 108 valence electrons. The van der Waals surface area contributed by atoms with Crippen molar-refractivity contribution < 1.29 is 14.3 Å². The normalized spacial score (nSPS) is 13.2. The molecule has 0 unspecified atom stereocenters. The summed E-state index contributed by atoms with van der Waals surface area (Å²) in [5.41, 5.74) is -0.491. The van der Waals surface area contributed by atoms with Gasteiger partial charge in [-0.15, -0.1) is 0 Å². The van der Waals surface area contributed by atoms with Gasteiger partial charge in [-0.05, 0) is 31.0 Å². The molecule has 5 nitrogen and oxygen atoms in total. The average Bonchev–Trinajstić information content (AvgIpc) is 2.45. The summed E-state index contributed by atoms with van der Waals surface area (Å²) in [5.74, 6) is 0.708. The molecule has 0 aliphatic rings. The lowest BCUT2D eigenvalue weighted by Gasteiger charge is -2.27. The molecule has 0 spiro atoms. The maximum atomic E-state index is 12.2. The van der Waals surface area contributed by atoms with Crippen LogP contribution in [0.5, 0.6) is 11.5 Å². The highest BCUT2D eigenvalue weighted by Gasteiger charge is 2.30. The van der Waals surface area contributed by atoms with Crippen molar-refractivity contribution in [3.05, 3.63) is 23.8 Å². The van der Waals surface area contributed by atoms with Gasteiger partial charge in [-0.2, -0.15) is 5.26 Å². The first-order valence-corrected chi connectivity index (χ1v) is 6.33. The number of amides is 1. The molecule has 1 rings (SSSR count). The quantitative estimate of drug-likeness (QED) is 0.896. The number of nitrogens with zero attached hydrogens (tertiary/aromatic N) is 1. The van der Waals surface area contributed by atoms with E-state index < -0.39 is 5.54 Å². The van der Waals surface area contributed by atoms with E-state index in [0.717, 1.165) is 0 Å². The SMILES string of the molecule is COc1ccc(C(=O)N[C@@](C)(C#N)C(C)C)cc1OC. The molecule has 0 radical (unpaired) electrons. The van der Waals surface area contributed by atoms with Crippen LogP contribution in [0.25, 0.3) is 0 Å². The van der Waals surface area contributed by atoms with Gasteiger partial charge in [0.05, 0.1) is 20.3 Å². The van der Waals surface area contributed by atoms with E-state index in [1.54, 1.807) is 25.1 Å². The fraction of sp³-hybridized carbons (Fsp3) is 0.467. The summed E-state index contributed by atoms with van der Waals surface area (Å²) in [6.07, 6.45) is 0. The number of hydrogen-bond donors (Lipinski definition) is 1. The monoisotopic (exact) mass is 276 g/mol. The van der Waals surface area contributed by atoms with Gasteiger partial charge in [-0.25, -0.2) is 0 Å². The summed E-state index contributed by atoms with van der Waals surface area (Å²) >= 11 is 0. The predicted molar refractivity (Wildman–Crippen MR) is 75.9 cm³/mol. The Bertz CT molecular complexity index is 534. The van der Waals surface area contributed by atoms with Gasteiger partial charge >= 0.3 is 0 Å². The zero-order valence-corrected chi connectivity index (χ0v) is 12.5. The van der Waals surface area contributed by atoms with E-state index in [1.807, 2.05) is 13.8 Å². The fourth-order valence-electron chi connectivity index (χ4n) is 1.59. The van der Waals surface area contributed by atoms with Gasteiger partial charge in [-0.1, -0.05) is 13.8 Å². The molecule has 1 N–H and O–H groups in total. The number of hydrogen-bond acceptors (Lipinski definition) is 4. The summed E-state index contributed by atoms with van der Waals surface area (Å²) in [5, 5.41) is 12.0. The molecule has 20 heavy (non-hydrogen) atoms. The zero-order valence-electron chi connectivity index (χ0n) is 12.5. The van der Waals surface area contributed by atoms with Gasteiger partial charge in [0.15, 0.2) is 11.5 Å². The molecule has 5 heteroatoms. The third-order valence-corrected chi connectivity index (χ3v) is 3.41. The van der Waals surface area contributed by atoms with Crippen LogP contribution in [0.3, 0.4) is 0 Å². The largest absolute Gasteiger partial charge is 0.493 e. The smallest absolute Gasteiger partial charge is 0.252 e. The van der Waals surface area contributed by atoms with Gasteiger partial charge in [0, 0.05) is 5.56 Å². The molecule has 0 saturated carbocycles. The molecule has 0 bridgehead atoms. The Balaban J connectivity index is 3.02. The second kappa shape index (κ2) is 6.29. The molecule has 0 aliphatic carbocycles. The van der Waals surface area contributed by atoms with Crippen molar-refractivity contribution in [1.29, 1.82) is 5.26 Å². The van der Waals surface area contributed by atoms with Gasteiger partial charge in [0.25, 0.3) is 5.91 Å².